The van der Waals surface area contributed by atoms with Gasteiger partial charge in [0.1, 0.15) is 5.75 Å². The summed E-state index contributed by atoms with van der Waals surface area (Å²) in [7, 11) is 3.11. The number of ether oxygens (including phenoxy) is 3. The van der Waals surface area contributed by atoms with Crippen LogP contribution in [0, 0.1) is 11.3 Å². The lowest BCUT2D eigenvalue weighted by atomic mass is 10.1. The van der Waals surface area contributed by atoms with Gasteiger partial charge in [-0.3, -0.25) is 4.79 Å². The van der Waals surface area contributed by atoms with Gasteiger partial charge in [-0.25, -0.2) is 5.43 Å². The van der Waals surface area contributed by atoms with Gasteiger partial charge in [0.15, 0.2) is 18.1 Å². The molecule has 0 saturated carbocycles. The van der Waals surface area contributed by atoms with Crippen molar-refractivity contribution in [3.05, 3.63) is 53.6 Å². The van der Waals surface area contributed by atoms with E-state index in [2.05, 4.69) is 10.5 Å². The quantitative estimate of drug-likeness (QED) is 0.610. The van der Waals surface area contributed by atoms with E-state index < -0.39 is 5.91 Å². The number of carbonyl (C=O) groups excluding carboxylic acids is 1. The zero-order valence-corrected chi connectivity index (χ0v) is 14.8. The third-order valence-corrected chi connectivity index (χ3v) is 3.50. The van der Waals surface area contributed by atoms with E-state index in [1.807, 2.05) is 12.1 Å². The van der Waals surface area contributed by atoms with Crippen molar-refractivity contribution < 1.29 is 19.0 Å². The number of amides is 1. The van der Waals surface area contributed by atoms with Gasteiger partial charge < -0.3 is 14.2 Å². The Hall–Kier alpha value is -3.53. The molecule has 0 bridgehead atoms. The molecule has 134 valence electrons. The maximum absolute atomic E-state index is 11.9. The fourth-order valence-electron chi connectivity index (χ4n) is 2.08. The molecule has 0 aliphatic heterocycles. The van der Waals surface area contributed by atoms with Gasteiger partial charge in [0, 0.05) is 5.56 Å². The summed E-state index contributed by atoms with van der Waals surface area (Å²) in [6.07, 6.45) is 0. The van der Waals surface area contributed by atoms with Gasteiger partial charge in [-0.2, -0.15) is 10.4 Å². The molecule has 26 heavy (non-hydrogen) atoms. The van der Waals surface area contributed by atoms with Crippen LogP contribution in [0.2, 0.25) is 0 Å². The largest absolute Gasteiger partial charge is 0.493 e. The molecule has 0 atom stereocenters. The molecule has 0 unspecified atom stereocenters. The summed E-state index contributed by atoms with van der Waals surface area (Å²) in [5.41, 5.74) is 4.36. The SMILES string of the molecule is COc1ccc(/C(C)=N/NC(=O)COc2ccc(C#N)cc2)cc1OC. The number of nitrogens with zero attached hydrogens (tertiary/aromatic N) is 2. The minimum Gasteiger partial charge on any atom is -0.493 e. The van der Waals surface area contributed by atoms with Gasteiger partial charge in [0.2, 0.25) is 0 Å². The molecule has 0 aromatic heterocycles. The summed E-state index contributed by atoms with van der Waals surface area (Å²) in [6.45, 7) is 1.58. The average Bonchev–Trinajstić information content (AvgIpc) is 2.70. The molecule has 1 amide bonds. The summed E-state index contributed by atoms with van der Waals surface area (Å²) in [5, 5.41) is 12.8. The van der Waals surface area contributed by atoms with Crippen LogP contribution in [0.15, 0.2) is 47.6 Å². The molecule has 0 aliphatic rings. The Balaban J connectivity index is 1.93. The fraction of sp³-hybridized carbons (Fsp3) is 0.211. The number of carbonyl (C=O) groups is 1. The predicted molar refractivity (Wildman–Crippen MR) is 96.6 cm³/mol. The number of hydrazone groups is 1. The lowest BCUT2D eigenvalue weighted by Gasteiger charge is -2.09. The number of hydrogen-bond donors (Lipinski definition) is 1. The molecular formula is C19H19N3O4. The van der Waals surface area contributed by atoms with Gasteiger partial charge >= 0.3 is 0 Å². The van der Waals surface area contributed by atoms with Gasteiger partial charge in [0.25, 0.3) is 5.91 Å². The number of hydrogen-bond acceptors (Lipinski definition) is 6. The van der Waals surface area contributed by atoms with Crippen molar-refractivity contribution in [2.45, 2.75) is 6.92 Å². The smallest absolute Gasteiger partial charge is 0.277 e. The van der Waals surface area contributed by atoms with Gasteiger partial charge in [-0.1, -0.05) is 0 Å². The van der Waals surface area contributed by atoms with Crippen LogP contribution in [-0.4, -0.2) is 32.4 Å². The summed E-state index contributed by atoms with van der Waals surface area (Å²) < 4.78 is 15.8. The molecule has 0 fully saturated rings. The van der Waals surface area contributed by atoms with Crippen molar-refractivity contribution in [3.63, 3.8) is 0 Å². The highest BCUT2D eigenvalue weighted by Gasteiger charge is 2.07. The fourth-order valence-corrected chi connectivity index (χ4v) is 2.08. The first kappa shape index (κ1) is 18.8. The highest BCUT2D eigenvalue weighted by atomic mass is 16.5. The molecule has 2 aromatic carbocycles. The lowest BCUT2D eigenvalue weighted by Crippen LogP contribution is -2.25. The van der Waals surface area contributed by atoms with Gasteiger partial charge in [0.05, 0.1) is 31.6 Å². The van der Waals surface area contributed by atoms with Crippen molar-refractivity contribution in [1.29, 1.82) is 5.26 Å². The normalized spacial score (nSPS) is 10.6. The summed E-state index contributed by atoms with van der Waals surface area (Å²) in [5.74, 6) is 1.30. The van der Waals surface area contributed by atoms with Crippen LogP contribution in [-0.2, 0) is 4.79 Å². The molecule has 0 saturated heterocycles. The maximum Gasteiger partial charge on any atom is 0.277 e. The average molecular weight is 353 g/mol. The monoisotopic (exact) mass is 353 g/mol. The van der Waals surface area contributed by atoms with Crippen LogP contribution in [0.25, 0.3) is 0 Å². The number of methoxy groups -OCH3 is 2. The van der Waals surface area contributed by atoms with E-state index >= 15 is 0 Å². The second-order valence-electron chi connectivity index (χ2n) is 5.23. The van der Waals surface area contributed by atoms with Crippen molar-refractivity contribution in [2.75, 3.05) is 20.8 Å². The maximum atomic E-state index is 11.9. The first-order valence-corrected chi connectivity index (χ1v) is 7.76. The second-order valence-corrected chi connectivity index (χ2v) is 5.23. The van der Waals surface area contributed by atoms with Crippen molar-refractivity contribution in [2.24, 2.45) is 5.10 Å². The molecule has 1 N–H and O–H groups in total. The molecule has 0 radical (unpaired) electrons. The minimum absolute atomic E-state index is 0.186. The zero-order chi connectivity index (χ0) is 18.9. The third-order valence-electron chi connectivity index (χ3n) is 3.50. The Morgan fingerprint density at radius 1 is 1.12 bits per heavy atom. The molecule has 2 rings (SSSR count). The molecule has 0 aliphatic carbocycles. The molecule has 2 aromatic rings. The zero-order valence-electron chi connectivity index (χ0n) is 14.8. The van der Waals surface area contributed by atoms with E-state index in [4.69, 9.17) is 19.5 Å². The number of nitrogens with one attached hydrogen (secondary N) is 1. The topological polar surface area (TPSA) is 92.9 Å². The molecule has 7 heteroatoms. The third kappa shape index (κ3) is 4.98. The first-order chi connectivity index (χ1) is 12.6. The Morgan fingerprint density at radius 3 is 2.42 bits per heavy atom. The highest BCUT2D eigenvalue weighted by molar-refractivity contribution is 5.99. The number of nitriles is 1. The predicted octanol–water partition coefficient (Wildman–Crippen LogP) is 2.49. The van der Waals surface area contributed by atoms with E-state index in [1.165, 1.54) is 0 Å². The van der Waals surface area contributed by atoms with Crippen LogP contribution in [0.1, 0.15) is 18.1 Å². The standard InChI is InChI=1S/C19H19N3O4/c1-13(15-6-9-17(24-2)18(10-15)25-3)21-22-19(23)12-26-16-7-4-14(11-20)5-8-16/h4-10H,12H2,1-3H3,(H,22,23)/b21-13+. The van der Waals surface area contributed by atoms with E-state index in [0.717, 1.165) is 5.56 Å². The summed E-state index contributed by atoms with van der Waals surface area (Å²) >= 11 is 0. The van der Waals surface area contributed by atoms with Crippen LogP contribution in [0.5, 0.6) is 17.2 Å². The second kappa shape index (κ2) is 9.08. The van der Waals surface area contributed by atoms with Crippen molar-refractivity contribution >= 4 is 11.6 Å². The van der Waals surface area contributed by atoms with Crippen LogP contribution >= 0.6 is 0 Å². The minimum atomic E-state index is -0.394. The van der Waals surface area contributed by atoms with E-state index in [9.17, 15) is 4.79 Å². The number of rotatable bonds is 7. The highest BCUT2D eigenvalue weighted by Crippen LogP contribution is 2.27. The van der Waals surface area contributed by atoms with Crippen LogP contribution in [0.3, 0.4) is 0 Å². The molecule has 0 spiro atoms. The molecular weight excluding hydrogens is 334 g/mol. The van der Waals surface area contributed by atoms with Crippen molar-refractivity contribution in [3.8, 4) is 23.3 Å². The van der Waals surface area contributed by atoms with Crippen LogP contribution < -0.4 is 19.6 Å². The summed E-state index contributed by atoms with van der Waals surface area (Å²) in [4.78, 5) is 11.9. The molecule has 7 nitrogen and oxygen atoms in total. The number of benzene rings is 2. The Morgan fingerprint density at radius 2 is 1.81 bits per heavy atom. The van der Waals surface area contributed by atoms with Crippen LogP contribution in [0.4, 0.5) is 0 Å². The summed E-state index contributed by atoms with van der Waals surface area (Å²) in [6, 6.07) is 13.9. The van der Waals surface area contributed by atoms with E-state index in [1.54, 1.807) is 57.5 Å². The lowest BCUT2D eigenvalue weighted by molar-refractivity contribution is -0.123. The van der Waals surface area contributed by atoms with Gasteiger partial charge in [-0.15, -0.1) is 0 Å². The van der Waals surface area contributed by atoms with E-state index in [-0.39, 0.29) is 6.61 Å². The van der Waals surface area contributed by atoms with Gasteiger partial charge in [-0.05, 0) is 49.4 Å². The van der Waals surface area contributed by atoms with E-state index in [0.29, 0.717) is 28.5 Å². The molecule has 0 heterocycles. The Bertz CT molecular complexity index is 839. The Kier molecular flexibility index (Phi) is 6.57. The Labute approximate surface area is 151 Å². The first-order valence-electron chi connectivity index (χ1n) is 7.76. The van der Waals surface area contributed by atoms with Crippen molar-refractivity contribution in [1.82, 2.24) is 5.43 Å².